The van der Waals surface area contributed by atoms with Crippen LogP contribution in [-0.4, -0.2) is 62.9 Å². The molecule has 1 amide bonds. The zero-order chi connectivity index (χ0) is 20.2. The van der Waals surface area contributed by atoms with E-state index >= 15 is 0 Å². The minimum absolute atomic E-state index is 0.146. The number of hydrogen-bond acceptors (Lipinski definition) is 4. The van der Waals surface area contributed by atoms with Gasteiger partial charge in [0.15, 0.2) is 0 Å². The van der Waals surface area contributed by atoms with E-state index in [9.17, 15) is 4.79 Å². The van der Waals surface area contributed by atoms with Crippen LogP contribution in [0.25, 0.3) is 11.0 Å². The molecule has 0 radical (unpaired) electrons. The third kappa shape index (κ3) is 4.05. The first-order valence-corrected chi connectivity index (χ1v) is 11.1. The highest BCUT2D eigenvalue weighted by Gasteiger charge is 2.41. The van der Waals surface area contributed by atoms with Gasteiger partial charge < -0.3 is 10.3 Å². The topological polar surface area (TPSA) is 64.3 Å². The number of imidazole rings is 1. The molecule has 1 saturated carbocycles. The van der Waals surface area contributed by atoms with E-state index in [-0.39, 0.29) is 11.4 Å². The number of nitrogens with one attached hydrogen (secondary N) is 2. The zero-order valence-corrected chi connectivity index (χ0v) is 17.9. The fraction of sp³-hybridized carbons (Fsp3) is 0.652. The Bertz CT molecular complexity index is 896. The molecule has 3 fully saturated rings. The predicted molar refractivity (Wildman–Crippen MR) is 115 cm³/mol. The number of piperazine rings is 1. The molecule has 0 spiro atoms. The van der Waals surface area contributed by atoms with Gasteiger partial charge in [-0.3, -0.25) is 14.6 Å². The molecular formula is C23H33N5O. The number of aromatic nitrogens is 2. The maximum Gasteiger partial charge on any atom is 0.234 e. The van der Waals surface area contributed by atoms with Crippen molar-refractivity contribution >= 4 is 16.9 Å². The normalized spacial score (nSPS) is 25.6. The summed E-state index contributed by atoms with van der Waals surface area (Å²) in [6.07, 6.45) is 4.98. The van der Waals surface area contributed by atoms with E-state index in [1.807, 2.05) is 20.8 Å². The second kappa shape index (κ2) is 7.10. The van der Waals surface area contributed by atoms with Crippen molar-refractivity contribution < 1.29 is 4.79 Å². The van der Waals surface area contributed by atoms with E-state index in [1.165, 1.54) is 42.3 Å². The maximum atomic E-state index is 12.4. The van der Waals surface area contributed by atoms with Gasteiger partial charge in [-0.15, -0.1) is 0 Å². The predicted octanol–water partition coefficient (Wildman–Crippen LogP) is 3.00. The maximum absolute atomic E-state index is 12.4. The van der Waals surface area contributed by atoms with Crippen LogP contribution in [0.2, 0.25) is 0 Å². The molecule has 6 nitrogen and oxygen atoms in total. The number of amides is 1. The quantitative estimate of drug-likeness (QED) is 0.817. The number of nitrogens with zero attached hydrogens (tertiary/aromatic N) is 3. The van der Waals surface area contributed by atoms with E-state index in [4.69, 9.17) is 4.98 Å². The first-order valence-electron chi connectivity index (χ1n) is 11.1. The molecule has 2 bridgehead atoms. The van der Waals surface area contributed by atoms with Gasteiger partial charge in [0.2, 0.25) is 5.91 Å². The Kier molecular flexibility index (Phi) is 4.67. The molecule has 3 aliphatic rings. The molecule has 1 aromatic heterocycles. The van der Waals surface area contributed by atoms with Crippen molar-refractivity contribution in [1.29, 1.82) is 0 Å². The largest absolute Gasteiger partial charge is 0.350 e. The van der Waals surface area contributed by atoms with E-state index in [1.54, 1.807) is 0 Å². The minimum atomic E-state index is -0.168. The number of rotatable bonds is 5. The molecule has 156 valence electrons. The van der Waals surface area contributed by atoms with Crippen molar-refractivity contribution in [3.8, 4) is 0 Å². The fourth-order valence-corrected chi connectivity index (χ4v) is 5.20. The molecule has 2 aliphatic heterocycles. The molecule has 2 aromatic rings. The smallest absolute Gasteiger partial charge is 0.234 e. The van der Waals surface area contributed by atoms with E-state index in [2.05, 4.69) is 38.3 Å². The van der Waals surface area contributed by atoms with Crippen LogP contribution in [0, 0.1) is 0 Å². The van der Waals surface area contributed by atoms with Gasteiger partial charge in [0.05, 0.1) is 24.1 Å². The lowest BCUT2D eigenvalue weighted by Crippen LogP contribution is -2.56. The summed E-state index contributed by atoms with van der Waals surface area (Å²) in [5.74, 6) is 1.94. The third-order valence-corrected chi connectivity index (χ3v) is 6.53. The van der Waals surface area contributed by atoms with Crippen molar-refractivity contribution in [3.05, 3.63) is 29.6 Å². The number of H-pyrrole nitrogens is 1. The average Bonchev–Trinajstić information content (AvgIpc) is 3.34. The van der Waals surface area contributed by atoms with Crippen LogP contribution in [0.4, 0.5) is 0 Å². The monoisotopic (exact) mass is 395 g/mol. The van der Waals surface area contributed by atoms with Gasteiger partial charge in [-0.2, -0.15) is 0 Å². The third-order valence-electron chi connectivity index (χ3n) is 6.53. The highest BCUT2D eigenvalue weighted by atomic mass is 16.2. The molecule has 6 heteroatoms. The van der Waals surface area contributed by atoms with Gasteiger partial charge in [-0.05, 0) is 64.0 Å². The molecule has 2 unspecified atom stereocenters. The number of hydrogen-bond donors (Lipinski definition) is 2. The number of likely N-dealkylation sites (tertiary alicyclic amines) is 1. The first kappa shape index (κ1) is 19.1. The van der Waals surface area contributed by atoms with Gasteiger partial charge in [-0.1, -0.05) is 12.1 Å². The number of carbonyl (C=O) groups is 1. The molecule has 1 aliphatic carbocycles. The lowest BCUT2D eigenvalue weighted by atomic mass is 10.1. The highest BCUT2D eigenvalue weighted by molar-refractivity contribution is 5.80. The summed E-state index contributed by atoms with van der Waals surface area (Å²) >= 11 is 0. The second-order valence-corrected chi connectivity index (χ2v) is 10.3. The minimum Gasteiger partial charge on any atom is -0.350 e. The lowest BCUT2D eigenvalue weighted by Gasteiger charge is -2.40. The second-order valence-electron chi connectivity index (χ2n) is 10.3. The summed E-state index contributed by atoms with van der Waals surface area (Å²) < 4.78 is 0. The Morgan fingerprint density at radius 1 is 1.17 bits per heavy atom. The van der Waals surface area contributed by atoms with Crippen LogP contribution in [0.1, 0.15) is 63.8 Å². The molecule has 3 heterocycles. The van der Waals surface area contributed by atoms with E-state index < -0.39 is 0 Å². The zero-order valence-electron chi connectivity index (χ0n) is 17.9. The number of fused-ring (bicyclic) bond motifs is 3. The molecular weight excluding hydrogens is 362 g/mol. The summed E-state index contributed by atoms with van der Waals surface area (Å²) in [6, 6.07) is 7.50. The fourth-order valence-electron chi connectivity index (χ4n) is 5.20. The standard InChI is InChI=1S/C23H33N5O/c1-23(2,3)26-21(29)14-28-16-9-10-17(28)12-27(11-16)13-20-24-19-6-4-5-18(15-7-8-15)22(19)25-20/h4-6,15-17H,7-14H2,1-3H3,(H,24,25)(H,26,29). The van der Waals surface area contributed by atoms with Gasteiger partial charge in [0.25, 0.3) is 0 Å². The number of benzene rings is 1. The van der Waals surface area contributed by atoms with Crippen molar-refractivity contribution in [3.63, 3.8) is 0 Å². The van der Waals surface area contributed by atoms with Crippen LogP contribution in [0.3, 0.4) is 0 Å². The summed E-state index contributed by atoms with van der Waals surface area (Å²) in [6.45, 7) is 9.56. The Balaban J connectivity index is 1.24. The van der Waals surface area contributed by atoms with Crippen molar-refractivity contribution in [1.82, 2.24) is 25.1 Å². The van der Waals surface area contributed by atoms with Crippen LogP contribution < -0.4 is 5.32 Å². The van der Waals surface area contributed by atoms with E-state index in [0.29, 0.717) is 24.5 Å². The van der Waals surface area contributed by atoms with Gasteiger partial charge in [0.1, 0.15) is 5.82 Å². The molecule has 2 saturated heterocycles. The van der Waals surface area contributed by atoms with Gasteiger partial charge in [0, 0.05) is 30.7 Å². The van der Waals surface area contributed by atoms with Crippen LogP contribution >= 0.6 is 0 Å². The Morgan fingerprint density at radius 3 is 2.55 bits per heavy atom. The van der Waals surface area contributed by atoms with Gasteiger partial charge in [-0.25, -0.2) is 4.98 Å². The summed E-state index contributed by atoms with van der Waals surface area (Å²) in [5.41, 5.74) is 3.59. The number of para-hydroxylation sites is 1. The van der Waals surface area contributed by atoms with Crippen LogP contribution in [0.5, 0.6) is 0 Å². The Hall–Kier alpha value is -1.92. The Labute approximate surface area is 173 Å². The molecule has 5 rings (SSSR count). The molecule has 29 heavy (non-hydrogen) atoms. The highest BCUT2D eigenvalue weighted by Crippen LogP contribution is 2.42. The first-order chi connectivity index (χ1) is 13.9. The molecule has 2 N–H and O–H groups in total. The molecule has 1 aromatic carbocycles. The van der Waals surface area contributed by atoms with E-state index in [0.717, 1.165) is 25.5 Å². The van der Waals surface area contributed by atoms with Crippen LogP contribution in [0.15, 0.2) is 18.2 Å². The number of carbonyl (C=O) groups excluding carboxylic acids is 1. The van der Waals surface area contributed by atoms with Gasteiger partial charge >= 0.3 is 0 Å². The van der Waals surface area contributed by atoms with Crippen molar-refractivity contribution in [2.24, 2.45) is 0 Å². The summed E-state index contributed by atoms with van der Waals surface area (Å²) in [4.78, 5) is 25.9. The summed E-state index contributed by atoms with van der Waals surface area (Å²) in [5, 5.41) is 3.11. The van der Waals surface area contributed by atoms with Crippen molar-refractivity contribution in [2.45, 2.75) is 76.5 Å². The number of aromatic amines is 1. The SMILES string of the molecule is CC(C)(C)NC(=O)CN1C2CCC1CN(Cc1nc3c(C4CC4)cccc3[nH]1)C2. The van der Waals surface area contributed by atoms with Crippen molar-refractivity contribution in [2.75, 3.05) is 19.6 Å². The summed E-state index contributed by atoms with van der Waals surface area (Å²) in [7, 11) is 0. The molecule has 2 atom stereocenters. The lowest BCUT2D eigenvalue weighted by molar-refractivity contribution is -0.125. The van der Waals surface area contributed by atoms with Crippen LogP contribution in [-0.2, 0) is 11.3 Å². The Morgan fingerprint density at radius 2 is 1.90 bits per heavy atom. The average molecular weight is 396 g/mol.